The fourth-order valence-corrected chi connectivity index (χ4v) is 1.37. The van der Waals surface area contributed by atoms with E-state index in [1.54, 1.807) is 25.4 Å². The maximum absolute atomic E-state index is 5.46. The standard InChI is InChI=1S/C11H12N2O2/c1-3-15-9-6-7-12-8-4-5-10(14-2)13-11(8)9/h4-7H,3H2,1-2H3. The average molecular weight is 204 g/mol. The molecule has 0 aliphatic heterocycles. The zero-order chi connectivity index (χ0) is 10.7. The Balaban J connectivity index is 2.59. The summed E-state index contributed by atoms with van der Waals surface area (Å²) in [5.41, 5.74) is 1.54. The van der Waals surface area contributed by atoms with Crippen molar-refractivity contribution in [1.29, 1.82) is 0 Å². The van der Waals surface area contributed by atoms with Crippen molar-refractivity contribution in [3.8, 4) is 11.6 Å². The first kappa shape index (κ1) is 9.71. The van der Waals surface area contributed by atoms with Crippen LogP contribution in [0.15, 0.2) is 24.4 Å². The normalized spacial score (nSPS) is 10.3. The second-order valence-corrected chi connectivity index (χ2v) is 2.96. The highest BCUT2D eigenvalue weighted by Gasteiger charge is 2.05. The van der Waals surface area contributed by atoms with Gasteiger partial charge in [-0.1, -0.05) is 0 Å². The quantitative estimate of drug-likeness (QED) is 0.767. The fourth-order valence-electron chi connectivity index (χ4n) is 1.37. The topological polar surface area (TPSA) is 44.2 Å². The molecule has 0 aliphatic carbocycles. The fraction of sp³-hybridized carbons (Fsp3) is 0.273. The molecule has 0 saturated carbocycles. The Hall–Kier alpha value is -1.84. The minimum atomic E-state index is 0.566. The Morgan fingerprint density at radius 3 is 2.87 bits per heavy atom. The van der Waals surface area contributed by atoms with Crippen LogP contribution in [0.5, 0.6) is 11.6 Å². The van der Waals surface area contributed by atoms with Gasteiger partial charge in [-0.3, -0.25) is 4.98 Å². The van der Waals surface area contributed by atoms with Gasteiger partial charge in [0.15, 0.2) is 0 Å². The number of aromatic nitrogens is 2. The van der Waals surface area contributed by atoms with Crippen LogP contribution in [-0.4, -0.2) is 23.7 Å². The van der Waals surface area contributed by atoms with Crippen molar-refractivity contribution in [2.45, 2.75) is 6.92 Å². The van der Waals surface area contributed by atoms with Gasteiger partial charge in [0.2, 0.25) is 5.88 Å². The second-order valence-electron chi connectivity index (χ2n) is 2.96. The number of nitrogens with zero attached hydrogens (tertiary/aromatic N) is 2. The number of pyridine rings is 2. The largest absolute Gasteiger partial charge is 0.491 e. The van der Waals surface area contributed by atoms with E-state index in [0.717, 1.165) is 16.8 Å². The van der Waals surface area contributed by atoms with Crippen molar-refractivity contribution >= 4 is 11.0 Å². The van der Waals surface area contributed by atoms with Crippen molar-refractivity contribution in [2.75, 3.05) is 13.7 Å². The van der Waals surface area contributed by atoms with Crippen molar-refractivity contribution in [2.24, 2.45) is 0 Å². The van der Waals surface area contributed by atoms with Gasteiger partial charge in [-0.15, -0.1) is 0 Å². The number of hydrogen-bond donors (Lipinski definition) is 0. The summed E-state index contributed by atoms with van der Waals surface area (Å²) in [4.78, 5) is 8.50. The molecule has 0 aliphatic rings. The Morgan fingerprint density at radius 2 is 2.13 bits per heavy atom. The number of rotatable bonds is 3. The maximum Gasteiger partial charge on any atom is 0.213 e. The first-order chi connectivity index (χ1) is 7.35. The summed E-state index contributed by atoms with van der Waals surface area (Å²) in [7, 11) is 1.59. The predicted octanol–water partition coefficient (Wildman–Crippen LogP) is 2.04. The van der Waals surface area contributed by atoms with Crippen LogP contribution in [0.25, 0.3) is 11.0 Å². The first-order valence-electron chi connectivity index (χ1n) is 4.77. The number of ether oxygens (including phenoxy) is 2. The highest BCUT2D eigenvalue weighted by Crippen LogP contribution is 2.23. The van der Waals surface area contributed by atoms with E-state index in [1.165, 1.54) is 0 Å². The zero-order valence-electron chi connectivity index (χ0n) is 8.73. The van der Waals surface area contributed by atoms with E-state index in [9.17, 15) is 0 Å². The number of fused-ring (bicyclic) bond motifs is 1. The molecule has 15 heavy (non-hydrogen) atoms. The van der Waals surface area contributed by atoms with Crippen LogP contribution in [0.3, 0.4) is 0 Å². The predicted molar refractivity (Wildman–Crippen MR) is 57.3 cm³/mol. The highest BCUT2D eigenvalue weighted by molar-refractivity contribution is 5.80. The molecule has 0 fully saturated rings. The lowest BCUT2D eigenvalue weighted by atomic mass is 10.3. The average Bonchev–Trinajstić information content (AvgIpc) is 2.29. The summed E-state index contributed by atoms with van der Waals surface area (Å²) < 4.78 is 10.5. The molecule has 0 bridgehead atoms. The lowest BCUT2D eigenvalue weighted by Crippen LogP contribution is -1.96. The van der Waals surface area contributed by atoms with E-state index in [-0.39, 0.29) is 0 Å². The van der Waals surface area contributed by atoms with Crippen LogP contribution in [0.2, 0.25) is 0 Å². The Morgan fingerprint density at radius 1 is 1.27 bits per heavy atom. The molecular formula is C11H12N2O2. The smallest absolute Gasteiger partial charge is 0.213 e. The summed E-state index contributed by atoms with van der Waals surface area (Å²) in [5.74, 6) is 1.30. The maximum atomic E-state index is 5.46. The molecule has 0 atom stereocenters. The Kier molecular flexibility index (Phi) is 2.67. The van der Waals surface area contributed by atoms with Crippen LogP contribution >= 0.6 is 0 Å². The summed E-state index contributed by atoms with van der Waals surface area (Å²) in [6.07, 6.45) is 1.71. The third-order valence-electron chi connectivity index (χ3n) is 2.03. The van der Waals surface area contributed by atoms with Gasteiger partial charge < -0.3 is 9.47 Å². The van der Waals surface area contributed by atoms with Crippen LogP contribution < -0.4 is 9.47 Å². The molecule has 0 saturated heterocycles. The van der Waals surface area contributed by atoms with E-state index in [4.69, 9.17) is 9.47 Å². The van der Waals surface area contributed by atoms with E-state index in [0.29, 0.717) is 12.5 Å². The van der Waals surface area contributed by atoms with E-state index >= 15 is 0 Å². The molecule has 2 rings (SSSR count). The first-order valence-corrected chi connectivity index (χ1v) is 4.77. The molecular weight excluding hydrogens is 192 g/mol. The molecule has 0 unspecified atom stereocenters. The molecule has 0 amide bonds. The van der Waals surface area contributed by atoms with Crippen molar-refractivity contribution in [3.63, 3.8) is 0 Å². The highest BCUT2D eigenvalue weighted by atomic mass is 16.5. The Bertz CT molecular complexity index is 471. The molecule has 78 valence electrons. The van der Waals surface area contributed by atoms with Crippen LogP contribution in [-0.2, 0) is 0 Å². The zero-order valence-corrected chi connectivity index (χ0v) is 8.73. The van der Waals surface area contributed by atoms with Crippen LogP contribution in [0.4, 0.5) is 0 Å². The van der Waals surface area contributed by atoms with Crippen LogP contribution in [0.1, 0.15) is 6.92 Å². The third-order valence-corrected chi connectivity index (χ3v) is 2.03. The molecule has 4 heteroatoms. The molecule has 2 heterocycles. The monoisotopic (exact) mass is 204 g/mol. The molecule has 0 radical (unpaired) electrons. The van der Waals surface area contributed by atoms with Gasteiger partial charge in [-0.25, -0.2) is 4.98 Å². The molecule has 0 aromatic carbocycles. The summed E-state index contributed by atoms with van der Waals surface area (Å²) in [6.45, 7) is 2.55. The SMILES string of the molecule is CCOc1ccnc2ccc(OC)nc12. The summed E-state index contributed by atoms with van der Waals surface area (Å²) >= 11 is 0. The van der Waals surface area contributed by atoms with Crippen molar-refractivity contribution in [1.82, 2.24) is 9.97 Å². The van der Waals surface area contributed by atoms with Gasteiger partial charge in [0.25, 0.3) is 0 Å². The summed E-state index contributed by atoms with van der Waals surface area (Å²) in [6, 6.07) is 5.45. The number of hydrogen-bond acceptors (Lipinski definition) is 4. The minimum Gasteiger partial charge on any atom is -0.491 e. The van der Waals surface area contributed by atoms with Gasteiger partial charge in [0, 0.05) is 18.3 Å². The van der Waals surface area contributed by atoms with E-state index < -0.39 is 0 Å². The molecule has 4 nitrogen and oxygen atoms in total. The van der Waals surface area contributed by atoms with Crippen molar-refractivity contribution < 1.29 is 9.47 Å². The number of methoxy groups -OCH3 is 1. The Labute approximate surface area is 87.9 Å². The van der Waals surface area contributed by atoms with Gasteiger partial charge in [0.05, 0.1) is 19.2 Å². The van der Waals surface area contributed by atoms with Gasteiger partial charge >= 0.3 is 0 Å². The second kappa shape index (κ2) is 4.13. The minimum absolute atomic E-state index is 0.566. The third kappa shape index (κ3) is 1.83. The van der Waals surface area contributed by atoms with Crippen LogP contribution in [0, 0.1) is 0 Å². The lowest BCUT2D eigenvalue weighted by molar-refractivity contribution is 0.342. The van der Waals surface area contributed by atoms with Gasteiger partial charge in [-0.05, 0) is 13.0 Å². The van der Waals surface area contributed by atoms with Crippen molar-refractivity contribution in [3.05, 3.63) is 24.4 Å². The molecule has 2 aromatic rings. The molecule has 0 N–H and O–H groups in total. The van der Waals surface area contributed by atoms with E-state index in [1.807, 2.05) is 13.0 Å². The molecule has 0 spiro atoms. The van der Waals surface area contributed by atoms with E-state index in [2.05, 4.69) is 9.97 Å². The lowest BCUT2D eigenvalue weighted by Gasteiger charge is -2.06. The van der Waals surface area contributed by atoms with Gasteiger partial charge in [0.1, 0.15) is 11.3 Å². The molecule has 2 aromatic heterocycles. The summed E-state index contributed by atoms with van der Waals surface area (Å²) in [5, 5.41) is 0. The van der Waals surface area contributed by atoms with Gasteiger partial charge in [-0.2, -0.15) is 0 Å².